The first-order chi connectivity index (χ1) is 23.9. The average molecular weight is 708 g/mol. The van der Waals surface area contributed by atoms with E-state index >= 15 is 0 Å². The molecule has 0 radical (unpaired) electrons. The van der Waals surface area contributed by atoms with Crippen LogP contribution in [-0.2, 0) is 29.1 Å². The molecule has 4 heterocycles. The maximum Gasteiger partial charge on any atom is 0.259 e. The number of morpholine rings is 1. The molecule has 1 unspecified atom stereocenters. The van der Waals surface area contributed by atoms with Gasteiger partial charge in [-0.25, -0.2) is 13.4 Å². The van der Waals surface area contributed by atoms with Crippen LogP contribution in [0.15, 0.2) is 42.6 Å². The van der Waals surface area contributed by atoms with E-state index in [1.165, 1.54) is 0 Å². The summed E-state index contributed by atoms with van der Waals surface area (Å²) in [5.41, 5.74) is -0.338. The van der Waals surface area contributed by atoms with E-state index in [1.54, 1.807) is 18.0 Å². The van der Waals surface area contributed by atoms with E-state index in [2.05, 4.69) is 39.8 Å². The molecule has 2 saturated carbocycles. The summed E-state index contributed by atoms with van der Waals surface area (Å²) in [6.07, 6.45) is 9.49. The van der Waals surface area contributed by atoms with Crippen LogP contribution in [0.1, 0.15) is 72.1 Å². The van der Waals surface area contributed by atoms with Gasteiger partial charge in [0.1, 0.15) is 17.7 Å². The molecule has 3 amide bonds. The predicted octanol–water partition coefficient (Wildman–Crippen LogP) is 3.70. The van der Waals surface area contributed by atoms with E-state index in [0.717, 1.165) is 48.8 Å². The molecule has 3 aliphatic heterocycles. The Bertz CT molecular complexity index is 1790. The van der Waals surface area contributed by atoms with Gasteiger partial charge >= 0.3 is 0 Å². The minimum atomic E-state index is -3.92. The van der Waals surface area contributed by atoms with Crippen LogP contribution in [0.2, 0.25) is 0 Å². The Labute approximate surface area is 294 Å². The summed E-state index contributed by atoms with van der Waals surface area (Å²) in [6, 6.07) is 7.11. The van der Waals surface area contributed by atoms with Gasteiger partial charge in [-0.3, -0.25) is 19.1 Å². The number of amides is 3. The van der Waals surface area contributed by atoms with Crippen molar-refractivity contribution in [1.82, 2.24) is 19.9 Å². The fourth-order valence-corrected chi connectivity index (χ4v) is 9.23. The Morgan fingerprint density at radius 1 is 1.08 bits per heavy atom. The number of ether oxygens (including phenoxy) is 2. The number of nitrogens with one attached hydrogen (secondary N) is 2. The van der Waals surface area contributed by atoms with Crippen LogP contribution >= 0.6 is 0 Å². The number of sulfonamides is 1. The second-order valence-corrected chi connectivity index (χ2v) is 17.6. The third-order valence-corrected chi connectivity index (χ3v) is 13.5. The molecule has 6 atom stereocenters. The number of fused-ring (bicyclic) bond motifs is 3. The highest BCUT2D eigenvalue weighted by Crippen LogP contribution is 2.47. The summed E-state index contributed by atoms with van der Waals surface area (Å²) in [6.45, 7) is 8.95. The SMILES string of the molecule is C[C@@H]1CC/C=C\C2C[C@@]2(C(=O)NS(=O)(=O)C2(C)CC2)NC(=O)[C@@H]2C[C@@H](Oc3nccc4c(N5CCOCC5)cccc34)CN2C(=O)C[C@H](C)C1. The molecule has 13 heteroatoms. The maximum absolute atomic E-state index is 14.2. The van der Waals surface area contributed by atoms with E-state index in [4.69, 9.17) is 9.47 Å². The molecule has 7 rings (SSSR count). The van der Waals surface area contributed by atoms with Crippen LogP contribution in [0.5, 0.6) is 5.88 Å². The lowest BCUT2D eigenvalue weighted by Crippen LogP contribution is -2.57. The Balaban J connectivity index is 1.16. The number of nitrogens with zero attached hydrogens (tertiary/aromatic N) is 3. The highest BCUT2D eigenvalue weighted by molar-refractivity contribution is 7.91. The van der Waals surface area contributed by atoms with Crippen LogP contribution in [-0.4, -0.2) is 91.3 Å². The average Bonchev–Trinajstić information content (AvgIpc) is 3.96. The number of rotatable bonds is 6. The number of allylic oxidation sites excluding steroid dienone is 1. The fraction of sp³-hybridized carbons (Fsp3) is 0.622. The largest absolute Gasteiger partial charge is 0.472 e. The van der Waals surface area contributed by atoms with Crippen LogP contribution in [0.25, 0.3) is 10.8 Å². The lowest BCUT2D eigenvalue weighted by atomic mass is 9.91. The third-order valence-electron chi connectivity index (χ3n) is 11.4. The first kappa shape index (κ1) is 34.7. The quantitative estimate of drug-likeness (QED) is 0.429. The predicted molar refractivity (Wildman–Crippen MR) is 189 cm³/mol. The molecule has 12 nitrogen and oxygen atoms in total. The van der Waals surface area contributed by atoms with Gasteiger partial charge in [0.05, 0.1) is 24.5 Å². The third kappa shape index (κ3) is 6.82. The van der Waals surface area contributed by atoms with Gasteiger partial charge in [0.15, 0.2) is 0 Å². The topological polar surface area (TPSA) is 147 Å². The molecule has 1 aromatic carbocycles. The first-order valence-electron chi connectivity index (χ1n) is 18.1. The van der Waals surface area contributed by atoms with Crippen molar-refractivity contribution in [3.63, 3.8) is 0 Å². The molecule has 50 heavy (non-hydrogen) atoms. The van der Waals surface area contributed by atoms with Crippen LogP contribution in [0.3, 0.4) is 0 Å². The molecule has 0 spiro atoms. The Morgan fingerprint density at radius 3 is 2.62 bits per heavy atom. The van der Waals surface area contributed by atoms with Gasteiger partial charge in [0, 0.05) is 54.5 Å². The number of aromatic nitrogens is 1. The second kappa shape index (κ2) is 13.4. The number of hydrogen-bond acceptors (Lipinski definition) is 9. The smallest absolute Gasteiger partial charge is 0.259 e. The molecular weight excluding hydrogens is 659 g/mol. The normalized spacial score (nSPS) is 32.2. The van der Waals surface area contributed by atoms with Crippen LogP contribution in [0, 0.1) is 17.8 Å². The molecule has 2 N–H and O–H groups in total. The highest BCUT2D eigenvalue weighted by atomic mass is 32.2. The number of hydrogen-bond donors (Lipinski definition) is 2. The summed E-state index contributed by atoms with van der Waals surface area (Å²) < 4.78 is 39.6. The van der Waals surface area contributed by atoms with Gasteiger partial charge in [-0.1, -0.05) is 32.1 Å². The molecular formula is C37H49N5O7S. The van der Waals surface area contributed by atoms with Gasteiger partial charge in [0.2, 0.25) is 27.7 Å². The zero-order chi connectivity index (χ0) is 35.3. The molecule has 0 bridgehead atoms. The number of pyridine rings is 1. The number of carbonyl (C=O) groups is 3. The van der Waals surface area contributed by atoms with Gasteiger partial charge in [-0.2, -0.15) is 0 Å². The van der Waals surface area contributed by atoms with E-state index in [-0.39, 0.29) is 43.6 Å². The summed E-state index contributed by atoms with van der Waals surface area (Å²) in [5.74, 6) is -0.767. The van der Waals surface area contributed by atoms with Crippen molar-refractivity contribution in [2.45, 2.75) is 94.6 Å². The lowest BCUT2D eigenvalue weighted by molar-refractivity contribution is -0.140. The number of carbonyl (C=O) groups excluding carboxylic acids is 3. The molecule has 1 aromatic heterocycles. The lowest BCUT2D eigenvalue weighted by Gasteiger charge is -2.30. The molecule has 2 aromatic rings. The minimum Gasteiger partial charge on any atom is -0.472 e. The first-order valence-corrected chi connectivity index (χ1v) is 19.6. The standard InChI is InChI=1S/C37H49N5O7S/c1-24-7-4-5-8-26-22-37(26,35(45)40-50(46,47)36(3)12-13-36)39-33(44)31-21-27(23-42(31)32(43)20-25(2)19-24)49-34-29-9-6-10-30(28(29)11-14-38-34)41-15-17-48-18-16-41/h5-6,8-11,14,24-27,31H,4,7,12-13,15-23H2,1-3H3,(H,39,44)(H,40,45)/b8-5-/t24-,25-,26?,27-,31+,37-/m1/s1. The second-order valence-electron chi connectivity index (χ2n) is 15.4. The number of benzene rings is 1. The Morgan fingerprint density at radius 2 is 1.86 bits per heavy atom. The van der Waals surface area contributed by atoms with Crippen molar-refractivity contribution in [2.75, 3.05) is 37.7 Å². The maximum atomic E-state index is 14.2. The van der Waals surface area contributed by atoms with Crippen LogP contribution in [0.4, 0.5) is 5.69 Å². The molecule has 4 fully saturated rings. The summed E-state index contributed by atoms with van der Waals surface area (Å²) in [4.78, 5) is 50.4. The fourth-order valence-electron chi connectivity index (χ4n) is 7.91. The Hall–Kier alpha value is -3.71. The Kier molecular flexibility index (Phi) is 9.34. The summed E-state index contributed by atoms with van der Waals surface area (Å²) in [5, 5.41) is 4.79. The van der Waals surface area contributed by atoms with Gasteiger partial charge in [0.25, 0.3) is 5.91 Å². The molecule has 2 saturated heterocycles. The van der Waals surface area contributed by atoms with Gasteiger partial charge in [-0.05, 0) is 75.5 Å². The van der Waals surface area contributed by atoms with Crippen LogP contribution < -0.4 is 19.7 Å². The molecule has 5 aliphatic rings. The van der Waals surface area contributed by atoms with Crippen molar-refractivity contribution >= 4 is 44.2 Å². The zero-order valence-corrected chi connectivity index (χ0v) is 30.0. The molecule has 270 valence electrons. The van der Waals surface area contributed by atoms with Crippen molar-refractivity contribution in [2.24, 2.45) is 17.8 Å². The van der Waals surface area contributed by atoms with Crippen molar-refractivity contribution in [3.05, 3.63) is 42.6 Å². The van der Waals surface area contributed by atoms with Gasteiger partial charge in [-0.15, -0.1) is 0 Å². The van der Waals surface area contributed by atoms with E-state index in [1.807, 2.05) is 30.4 Å². The summed E-state index contributed by atoms with van der Waals surface area (Å²) >= 11 is 0. The summed E-state index contributed by atoms with van der Waals surface area (Å²) in [7, 11) is -3.92. The van der Waals surface area contributed by atoms with E-state index in [9.17, 15) is 22.8 Å². The van der Waals surface area contributed by atoms with Gasteiger partial charge < -0.3 is 24.6 Å². The molecule has 2 aliphatic carbocycles. The number of anilines is 1. The zero-order valence-electron chi connectivity index (χ0n) is 29.2. The van der Waals surface area contributed by atoms with Crippen molar-refractivity contribution in [1.29, 1.82) is 0 Å². The monoisotopic (exact) mass is 707 g/mol. The highest BCUT2D eigenvalue weighted by Gasteiger charge is 2.63. The van der Waals surface area contributed by atoms with E-state index < -0.39 is 44.3 Å². The van der Waals surface area contributed by atoms with Crippen molar-refractivity contribution in [3.8, 4) is 5.88 Å². The minimum absolute atomic E-state index is 0.119. The van der Waals surface area contributed by atoms with Crippen molar-refractivity contribution < 1.29 is 32.3 Å². The van der Waals surface area contributed by atoms with E-state index in [0.29, 0.717) is 37.9 Å².